The van der Waals surface area contributed by atoms with Crippen molar-refractivity contribution in [1.82, 2.24) is 0 Å². The fourth-order valence-corrected chi connectivity index (χ4v) is 9.19. The maximum absolute atomic E-state index is 15.2. The Hall–Kier alpha value is -1.59. The van der Waals surface area contributed by atoms with Gasteiger partial charge in [-0.2, -0.15) is 22.0 Å². The quantitative estimate of drug-likeness (QED) is 0.278. The van der Waals surface area contributed by atoms with Gasteiger partial charge in [0.05, 0.1) is 18.8 Å². The molecule has 1 heterocycles. The summed E-state index contributed by atoms with van der Waals surface area (Å²) in [6.45, 7) is 6.84. The van der Waals surface area contributed by atoms with Crippen molar-refractivity contribution >= 4 is 0 Å². The van der Waals surface area contributed by atoms with E-state index in [-0.39, 0.29) is 30.6 Å². The molecule has 234 valence electrons. The molecule has 6 atom stereocenters. The van der Waals surface area contributed by atoms with Crippen molar-refractivity contribution in [3.8, 4) is 0 Å². The second-order valence-electron chi connectivity index (χ2n) is 14.6. The minimum atomic E-state index is -5.88. The average Bonchev–Trinajstić information content (AvgIpc) is 3.20. The van der Waals surface area contributed by atoms with E-state index in [1.807, 2.05) is 24.3 Å². The molecule has 1 spiro atoms. The van der Waals surface area contributed by atoms with Crippen LogP contribution in [0.4, 0.5) is 22.0 Å². The van der Waals surface area contributed by atoms with Gasteiger partial charge >= 0.3 is 12.1 Å². The molecule has 1 saturated heterocycles. The zero-order chi connectivity index (χ0) is 30.6. The van der Waals surface area contributed by atoms with Gasteiger partial charge < -0.3 is 25.4 Å². The summed E-state index contributed by atoms with van der Waals surface area (Å²) in [6, 6.07) is 7.38. The molecule has 10 heteroatoms. The zero-order valence-electron chi connectivity index (χ0n) is 24.5. The minimum Gasteiger partial charge on any atom is -0.385 e. The first-order chi connectivity index (χ1) is 19.4. The predicted molar refractivity (Wildman–Crippen MR) is 145 cm³/mol. The van der Waals surface area contributed by atoms with Crippen molar-refractivity contribution in [2.24, 2.45) is 28.4 Å². The molecule has 42 heavy (non-hydrogen) atoms. The lowest BCUT2D eigenvalue weighted by Crippen LogP contribution is -2.65. The third-order valence-electron chi connectivity index (χ3n) is 11.5. The SMILES string of the molecule is CC1(C)COC2(CCC3=C4C(CCC3(O)C2)C2CCC(O)(C(F)(F)C(F)(F)F)[C@@]2(C)C[C@@H]4c2ccc(CN)cc2)OC1. The Balaban J connectivity index is 1.45. The first-order valence-corrected chi connectivity index (χ1v) is 15.1. The molecule has 6 rings (SSSR count). The summed E-state index contributed by atoms with van der Waals surface area (Å²) in [5.74, 6) is -7.64. The molecule has 5 nitrogen and oxygen atoms in total. The van der Waals surface area contributed by atoms with Crippen LogP contribution in [0, 0.1) is 22.7 Å². The van der Waals surface area contributed by atoms with Crippen LogP contribution in [0.2, 0.25) is 0 Å². The largest absolute Gasteiger partial charge is 0.456 e. The number of hydrogen-bond acceptors (Lipinski definition) is 5. The third kappa shape index (κ3) is 4.25. The molecule has 3 saturated carbocycles. The number of alkyl halides is 5. The zero-order valence-corrected chi connectivity index (χ0v) is 24.5. The first-order valence-electron chi connectivity index (χ1n) is 15.1. The van der Waals surface area contributed by atoms with Gasteiger partial charge in [-0.05, 0) is 67.1 Å². The minimum absolute atomic E-state index is 0.0582. The van der Waals surface area contributed by atoms with Crippen molar-refractivity contribution < 1.29 is 41.6 Å². The standard InChI is InChI=1S/C32H42F5NO4/c1-26(2)17-41-29(42-18-26)12-9-24-25-21(8-11-28(24,39)16-29)23-10-13-30(40,31(33,34)32(35,36)37)27(23,3)14-22(25)20-6-4-19(15-38)5-7-20/h4-7,21-23,39-40H,8-18,38H2,1-3H3/t21?,22-,23?,27+,28?,30?/m1/s1. The Morgan fingerprint density at radius 3 is 2.17 bits per heavy atom. The fourth-order valence-electron chi connectivity index (χ4n) is 9.19. The Morgan fingerprint density at radius 1 is 0.929 bits per heavy atom. The van der Waals surface area contributed by atoms with Crippen LogP contribution in [-0.4, -0.2) is 52.5 Å². The van der Waals surface area contributed by atoms with Crippen LogP contribution in [0.25, 0.3) is 0 Å². The summed E-state index contributed by atoms with van der Waals surface area (Å²) in [6.07, 6.45) is -4.55. The predicted octanol–water partition coefficient (Wildman–Crippen LogP) is 6.37. The molecule has 1 aromatic carbocycles. The van der Waals surface area contributed by atoms with Crippen LogP contribution in [0.5, 0.6) is 0 Å². The second-order valence-corrected chi connectivity index (χ2v) is 14.6. The summed E-state index contributed by atoms with van der Waals surface area (Å²) < 4.78 is 84.3. The molecule has 0 amide bonds. The van der Waals surface area contributed by atoms with Gasteiger partial charge in [0.1, 0.15) is 5.60 Å². The number of halogens is 5. The molecular weight excluding hydrogens is 557 g/mol. The highest BCUT2D eigenvalue weighted by Gasteiger charge is 2.79. The van der Waals surface area contributed by atoms with E-state index in [0.29, 0.717) is 45.4 Å². The molecular formula is C32H42F5NO4. The lowest BCUT2D eigenvalue weighted by Gasteiger charge is -2.59. The molecule has 1 aromatic rings. The maximum atomic E-state index is 15.2. The molecule has 4 N–H and O–H groups in total. The summed E-state index contributed by atoms with van der Waals surface area (Å²) in [5, 5.41) is 23.7. The van der Waals surface area contributed by atoms with Crippen LogP contribution in [0.1, 0.15) is 89.2 Å². The lowest BCUT2D eigenvalue weighted by molar-refractivity contribution is -0.362. The average molecular weight is 600 g/mol. The van der Waals surface area contributed by atoms with Crippen LogP contribution in [0.15, 0.2) is 35.4 Å². The van der Waals surface area contributed by atoms with Crippen LogP contribution in [0.3, 0.4) is 0 Å². The van der Waals surface area contributed by atoms with E-state index < -0.39 is 52.8 Å². The molecule has 1 aliphatic heterocycles. The number of ether oxygens (including phenoxy) is 2. The molecule has 4 aliphatic carbocycles. The normalized spacial score (nSPS) is 39.5. The van der Waals surface area contributed by atoms with Gasteiger partial charge in [-0.15, -0.1) is 0 Å². The van der Waals surface area contributed by atoms with E-state index in [4.69, 9.17) is 15.2 Å². The van der Waals surface area contributed by atoms with E-state index in [1.165, 1.54) is 6.92 Å². The van der Waals surface area contributed by atoms with Gasteiger partial charge in [-0.3, -0.25) is 0 Å². The van der Waals surface area contributed by atoms with Gasteiger partial charge in [0.15, 0.2) is 5.79 Å². The summed E-state index contributed by atoms with van der Waals surface area (Å²) in [4.78, 5) is 0. The van der Waals surface area contributed by atoms with E-state index in [2.05, 4.69) is 13.8 Å². The Morgan fingerprint density at radius 2 is 1.57 bits per heavy atom. The monoisotopic (exact) mass is 599 g/mol. The van der Waals surface area contributed by atoms with Gasteiger partial charge in [0, 0.05) is 36.1 Å². The van der Waals surface area contributed by atoms with Gasteiger partial charge in [0.25, 0.3) is 0 Å². The molecule has 0 bridgehead atoms. The topological polar surface area (TPSA) is 84.9 Å². The van der Waals surface area contributed by atoms with E-state index in [0.717, 1.165) is 22.3 Å². The number of hydrogen-bond donors (Lipinski definition) is 3. The van der Waals surface area contributed by atoms with Gasteiger partial charge in [-0.1, -0.05) is 50.6 Å². The summed E-state index contributed by atoms with van der Waals surface area (Å²) in [7, 11) is 0. The fraction of sp³-hybridized carbons (Fsp3) is 0.750. The molecule has 5 aliphatic rings. The van der Waals surface area contributed by atoms with Crippen molar-refractivity contribution in [3.05, 3.63) is 46.5 Å². The van der Waals surface area contributed by atoms with E-state index in [1.54, 1.807) is 0 Å². The van der Waals surface area contributed by atoms with Gasteiger partial charge in [0.2, 0.25) is 0 Å². The number of allylic oxidation sites excluding steroid dienone is 1. The highest BCUT2D eigenvalue weighted by molar-refractivity contribution is 5.44. The van der Waals surface area contributed by atoms with Crippen molar-refractivity contribution in [1.29, 1.82) is 0 Å². The highest BCUT2D eigenvalue weighted by Crippen LogP contribution is 2.71. The molecule has 4 unspecified atom stereocenters. The number of aliphatic hydroxyl groups is 2. The summed E-state index contributed by atoms with van der Waals surface area (Å²) in [5.41, 5.74) is 2.89. The lowest BCUT2D eigenvalue weighted by atomic mass is 9.49. The smallest absolute Gasteiger partial charge is 0.385 e. The van der Waals surface area contributed by atoms with Crippen molar-refractivity contribution in [2.75, 3.05) is 13.2 Å². The molecule has 4 fully saturated rings. The van der Waals surface area contributed by atoms with E-state index >= 15 is 8.78 Å². The second kappa shape index (κ2) is 9.46. The Labute approximate surface area is 243 Å². The number of fused-ring (bicyclic) bond motifs is 4. The van der Waals surface area contributed by atoms with Crippen LogP contribution < -0.4 is 5.73 Å². The van der Waals surface area contributed by atoms with Crippen LogP contribution in [-0.2, 0) is 16.0 Å². The number of benzene rings is 1. The highest BCUT2D eigenvalue weighted by atomic mass is 19.4. The van der Waals surface area contributed by atoms with E-state index in [9.17, 15) is 23.4 Å². The van der Waals surface area contributed by atoms with Crippen molar-refractivity contribution in [3.63, 3.8) is 0 Å². The molecule has 0 radical (unpaired) electrons. The number of nitrogens with two attached hydrogens (primary N) is 1. The molecule has 0 aromatic heterocycles. The number of rotatable bonds is 3. The van der Waals surface area contributed by atoms with Gasteiger partial charge in [-0.25, -0.2) is 0 Å². The Bertz CT molecular complexity index is 1250. The van der Waals surface area contributed by atoms with Crippen LogP contribution >= 0.6 is 0 Å². The summed E-state index contributed by atoms with van der Waals surface area (Å²) >= 11 is 0. The Kier molecular flexibility index (Phi) is 6.85. The third-order valence-corrected chi connectivity index (χ3v) is 11.5. The van der Waals surface area contributed by atoms with Crippen molar-refractivity contribution in [2.45, 2.75) is 114 Å². The first kappa shape index (κ1) is 30.4. The maximum Gasteiger partial charge on any atom is 0.456 e.